The maximum Gasteiger partial charge on any atom is 0.251 e. The lowest BCUT2D eigenvalue weighted by molar-refractivity contribution is -0.130. The fourth-order valence-electron chi connectivity index (χ4n) is 2.90. The third-order valence-electron chi connectivity index (χ3n) is 4.42. The second kappa shape index (κ2) is 10.3. The fraction of sp³-hybridized carbons (Fsp3) is 0.579. The zero-order chi connectivity index (χ0) is 18.9. The summed E-state index contributed by atoms with van der Waals surface area (Å²) in [5.41, 5.74) is 0.561. The lowest BCUT2D eigenvalue weighted by Crippen LogP contribution is -2.40. The van der Waals surface area contributed by atoms with Gasteiger partial charge in [-0.05, 0) is 36.6 Å². The van der Waals surface area contributed by atoms with Gasteiger partial charge in [0.2, 0.25) is 5.91 Å². The molecule has 2 amide bonds. The summed E-state index contributed by atoms with van der Waals surface area (Å²) in [7, 11) is 1.59. The highest BCUT2D eigenvalue weighted by molar-refractivity contribution is 7.98. The van der Waals surface area contributed by atoms with Crippen molar-refractivity contribution >= 4 is 23.6 Å². The van der Waals surface area contributed by atoms with E-state index in [-0.39, 0.29) is 17.9 Å². The number of piperidine rings is 1. The standard InChI is InChI=1S/C19H28N2O4S/c1-14(22)21-10-7-16(8-11-21)25-18-13-15(5-6-17(18)24-2)19(23)20-9-4-12-26-3/h5-6,13,16H,4,7-12H2,1-3H3,(H,20,23). The first kappa shape index (κ1) is 20.4. The number of benzene rings is 1. The van der Waals surface area contributed by atoms with E-state index < -0.39 is 0 Å². The minimum atomic E-state index is -0.106. The summed E-state index contributed by atoms with van der Waals surface area (Å²) < 4.78 is 11.5. The van der Waals surface area contributed by atoms with Crippen LogP contribution >= 0.6 is 11.8 Å². The molecule has 1 N–H and O–H groups in total. The van der Waals surface area contributed by atoms with E-state index in [9.17, 15) is 9.59 Å². The molecule has 1 aromatic carbocycles. The summed E-state index contributed by atoms with van der Waals surface area (Å²) in [6.07, 6.45) is 4.55. The van der Waals surface area contributed by atoms with Crippen molar-refractivity contribution in [1.82, 2.24) is 10.2 Å². The molecule has 0 atom stereocenters. The zero-order valence-corrected chi connectivity index (χ0v) is 16.6. The number of likely N-dealkylation sites (tertiary alicyclic amines) is 1. The van der Waals surface area contributed by atoms with Crippen molar-refractivity contribution in [3.05, 3.63) is 23.8 Å². The van der Waals surface area contributed by atoms with Gasteiger partial charge in [-0.2, -0.15) is 11.8 Å². The van der Waals surface area contributed by atoms with Gasteiger partial charge in [0, 0.05) is 45.0 Å². The highest BCUT2D eigenvalue weighted by atomic mass is 32.2. The van der Waals surface area contributed by atoms with Gasteiger partial charge < -0.3 is 19.7 Å². The molecule has 144 valence electrons. The number of nitrogens with zero attached hydrogens (tertiary/aromatic N) is 1. The van der Waals surface area contributed by atoms with Gasteiger partial charge in [-0.25, -0.2) is 0 Å². The third-order valence-corrected chi connectivity index (χ3v) is 5.11. The highest BCUT2D eigenvalue weighted by Crippen LogP contribution is 2.30. The Bertz CT molecular complexity index is 616. The van der Waals surface area contributed by atoms with Gasteiger partial charge >= 0.3 is 0 Å². The van der Waals surface area contributed by atoms with Gasteiger partial charge in [-0.3, -0.25) is 9.59 Å². The minimum Gasteiger partial charge on any atom is -0.493 e. The summed E-state index contributed by atoms with van der Waals surface area (Å²) in [5, 5.41) is 2.93. The van der Waals surface area contributed by atoms with E-state index in [4.69, 9.17) is 9.47 Å². The van der Waals surface area contributed by atoms with Gasteiger partial charge in [0.15, 0.2) is 11.5 Å². The molecule has 1 fully saturated rings. The highest BCUT2D eigenvalue weighted by Gasteiger charge is 2.23. The molecule has 1 aliphatic rings. The first-order chi connectivity index (χ1) is 12.5. The molecule has 0 bridgehead atoms. The van der Waals surface area contributed by atoms with Gasteiger partial charge in [-0.1, -0.05) is 0 Å². The molecular weight excluding hydrogens is 352 g/mol. The fourth-order valence-corrected chi connectivity index (χ4v) is 3.33. The predicted octanol–water partition coefficient (Wildman–Crippen LogP) is 2.57. The quantitative estimate of drug-likeness (QED) is 0.702. The van der Waals surface area contributed by atoms with Crippen molar-refractivity contribution in [3.8, 4) is 11.5 Å². The zero-order valence-electron chi connectivity index (χ0n) is 15.7. The summed E-state index contributed by atoms with van der Waals surface area (Å²) in [5.74, 6) is 2.20. The number of ether oxygens (including phenoxy) is 2. The van der Waals surface area contributed by atoms with Crippen molar-refractivity contribution in [3.63, 3.8) is 0 Å². The van der Waals surface area contributed by atoms with Crippen molar-refractivity contribution in [2.24, 2.45) is 0 Å². The summed E-state index contributed by atoms with van der Waals surface area (Å²) >= 11 is 1.77. The van der Waals surface area contributed by atoms with Gasteiger partial charge in [0.1, 0.15) is 6.10 Å². The van der Waals surface area contributed by atoms with Crippen LogP contribution in [0.1, 0.15) is 36.5 Å². The van der Waals surface area contributed by atoms with Crippen molar-refractivity contribution in [1.29, 1.82) is 0 Å². The normalized spacial score (nSPS) is 14.8. The maximum atomic E-state index is 12.3. The Morgan fingerprint density at radius 3 is 2.62 bits per heavy atom. The van der Waals surface area contributed by atoms with Crippen LogP contribution in [0.4, 0.5) is 0 Å². The molecule has 0 aromatic heterocycles. The summed E-state index contributed by atoms with van der Waals surface area (Å²) in [4.78, 5) is 25.6. The summed E-state index contributed by atoms with van der Waals surface area (Å²) in [6, 6.07) is 5.24. The Kier molecular flexibility index (Phi) is 8.09. The molecular formula is C19H28N2O4S. The van der Waals surface area contributed by atoms with Crippen LogP contribution in [0.5, 0.6) is 11.5 Å². The Labute approximate surface area is 159 Å². The predicted molar refractivity (Wildman–Crippen MR) is 104 cm³/mol. The molecule has 0 spiro atoms. The Hall–Kier alpha value is -1.89. The monoisotopic (exact) mass is 380 g/mol. The molecule has 1 aliphatic heterocycles. The number of carbonyl (C=O) groups excluding carboxylic acids is 2. The number of rotatable bonds is 8. The number of hydrogen-bond acceptors (Lipinski definition) is 5. The first-order valence-corrected chi connectivity index (χ1v) is 10.3. The van der Waals surface area contributed by atoms with E-state index in [0.717, 1.165) is 25.0 Å². The number of carbonyl (C=O) groups is 2. The Morgan fingerprint density at radius 1 is 1.27 bits per heavy atom. The molecule has 1 saturated heterocycles. The molecule has 26 heavy (non-hydrogen) atoms. The molecule has 0 unspecified atom stereocenters. The first-order valence-electron chi connectivity index (χ1n) is 8.92. The maximum absolute atomic E-state index is 12.3. The Morgan fingerprint density at radius 2 is 2.00 bits per heavy atom. The van der Waals surface area contributed by atoms with Crippen LogP contribution in [0, 0.1) is 0 Å². The second-order valence-corrected chi connectivity index (χ2v) is 7.28. The average Bonchev–Trinajstić information content (AvgIpc) is 2.65. The van der Waals surface area contributed by atoms with Crippen LogP contribution in [0.15, 0.2) is 18.2 Å². The lowest BCUT2D eigenvalue weighted by atomic mass is 10.1. The molecule has 1 aromatic rings. The topological polar surface area (TPSA) is 67.9 Å². The molecule has 6 nitrogen and oxygen atoms in total. The number of methoxy groups -OCH3 is 1. The molecule has 7 heteroatoms. The van der Waals surface area contributed by atoms with E-state index in [1.807, 2.05) is 4.90 Å². The lowest BCUT2D eigenvalue weighted by Gasteiger charge is -2.31. The molecule has 2 rings (SSSR count). The number of hydrogen-bond donors (Lipinski definition) is 1. The van der Waals surface area contributed by atoms with E-state index in [2.05, 4.69) is 11.6 Å². The van der Waals surface area contributed by atoms with Crippen LogP contribution in [0.25, 0.3) is 0 Å². The van der Waals surface area contributed by atoms with Crippen LogP contribution in [0.2, 0.25) is 0 Å². The average molecular weight is 381 g/mol. The van der Waals surface area contributed by atoms with Crippen LogP contribution in [-0.2, 0) is 4.79 Å². The van der Waals surface area contributed by atoms with Crippen molar-refractivity contribution < 1.29 is 19.1 Å². The molecule has 0 aliphatic carbocycles. The van der Waals surface area contributed by atoms with Gasteiger partial charge in [0.05, 0.1) is 7.11 Å². The molecule has 1 heterocycles. The van der Waals surface area contributed by atoms with E-state index in [1.165, 1.54) is 0 Å². The van der Waals surface area contributed by atoms with E-state index >= 15 is 0 Å². The third kappa shape index (κ3) is 5.83. The largest absolute Gasteiger partial charge is 0.493 e. The number of nitrogens with one attached hydrogen (secondary N) is 1. The minimum absolute atomic E-state index is 0.0133. The second-order valence-electron chi connectivity index (χ2n) is 6.29. The van der Waals surface area contributed by atoms with Gasteiger partial charge in [0.25, 0.3) is 5.91 Å². The number of amides is 2. The van der Waals surface area contributed by atoms with Crippen LogP contribution < -0.4 is 14.8 Å². The molecule has 0 saturated carbocycles. The van der Waals surface area contributed by atoms with Crippen molar-refractivity contribution in [2.75, 3.05) is 38.8 Å². The summed E-state index contributed by atoms with van der Waals surface area (Å²) in [6.45, 7) is 3.63. The molecule has 0 radical (unpaired) electrons. The smallest absolute Gasteiger partial charge is 0.251 e. The van der Waals surface area contributed by atoms with Crippen LogP contribution in [-0.4, -0.2) is 61.6 Å². The van der Waals surface area contributed by atoms with Crippen molar-refractivity contribution in [2.45, 2.75) is 32.3 Å². The van der Waals surface area contributed by atoms with Crippen LogP contribution in [0.3, 0.4) is 0 Å². The van der Waals surface area contributed by atoms with Gasteiger partial charge in [-0.15, -0.1) is 0 Å². The Balaban J connectivity index is 1.98. The van der Waals surface area contributed by atoms with E-state index in [0.29, 0.717) is 36.7 Å². The van der Waals surface area contributed by atoms with E-state index in [1.54, 1.807) is 44.0 Å². The SMILES string of the molecule is COc1ccc(C(=O)NCCCSC)cc1OC1CCN(C(C)=O)CC1. The number of thioether (sulfide) groups is 1.